The Bertz CT molecular complexity index is 765. The maximum atomic E-state index is 13.4. The van der Waals surface area contributed by atoms with Crippen LogP contribution in [0.1, 0.15) is 12.5 Å². The van der Waals surface area contributed by atoms with Gasteiger partial charge in [0.2, 0.25) is 5.60 Å². The first-order chi connectivity index (χ1) is 10.9. The molecule has 1 amide bonds. The number of anilines is 1. The summed E-state index contributed by atoms with van der Waals surface area (Å²) < 4.78 is 32.3. The molecule has 0 aliphatic carbocycles. The van der Waals surface area contributed by atoms with E-state index in [1.807, 2.05) is 0 Å². The van der Waals surface area contributed by atoms with Crippen LogP contribution < -0.4 is 5.43 Å². The molecule has 7 heteroatoms. The molecule has 2 aromatic rings. The van der Waals surface area contributed by atoms with E-state index in [0.29, 0.717) is 5.69 Å². The van der Waals surface area contributed by atoms with Crippen molar-refractivity contribution in [2.75, 3.05) is 5.43 Å². The number of hydrogen-bond donors (Lipinski definition) is 1. The summed E-state index contributed by atoms with van der Waals surface area (Å²) in [5, 5.41) is 0.845. The molecular weight excluding hydrogens is 322 g/mol. The minimum atomic E-state index is -1.62. The molecular formula is C16H10F2N2O2S. The number of amides is 1. The molecule has 23 heavy (non-hydrogen) atoms. The first-order valence-corrected chi connectivity index (χ1v) is 7.00. The summed E-state index contributed by atoms with van der Waals surface area (Å²) in [4.78, 5) is 12.6. The highest BCUT2D eigenvalue weighted by atomic mass is 32.1. The van der Waals surface area contributed by atoms with Gasteiger partial charge in [0, 0.05) is 11.6 Å². The zero-order valence-corrected chi connectivity index (χ0v) is 12.7. The molecule has 0 aromatic heterocycles. The molecule has 1 unspecified atom stereocenters. The van der Waals surface area contributed by atoms with E-state index in [1.54, 1.807) is 18.2 Å². The van der Waals surface area contributed by atoms with E-state index in [2.05, 4.69) is 17.6 Å². The summed E-state index contributed by atoms with van der Waals surface area (Å²) in [6.07, 6.45) is 0. The van der Waals surface area contributed by atoms with Crippen LogP contribution in [-0.4, -0.2) is 16.1 Å². The van der Waals surface area contributed by atoms with E-state index >= 15 is 0 Å². The van der Waals surface area contributed by atoms with E-state index in [4.69, 9.17) is 17.0 Å². The van der Waals surface area contributed by atoms with Gasteiger partial charge in [-0.3, -0.25) is 10.2 Å². The lowest BCUT2D eigenvalue weighted by molar-refractivity contribution is -0.135. The highest BCUT2D eigenvalue weighted by molar-refractivity contribution is 7.80. The van der Waals surface area contributed by atoms with Gasteiger partial charge in [0.05, 0.1) is 0 Å². The van der Waals surface area contributed by atoms with Crippen molar-refractivity contribution in [2.24, 2.45) is 0 Å². The largest absolute Gasteiger partial charge is 0.448 e. The average Bonchev–Trinajstić information content (AvgIpc) is 2.72. The molecule has 1 N–H and O–H groups in total. The molecule has 1 heterocycles. The van der Waals surface area contributed by atoms with Crippen LogP contribution in [0.15, 0.2) is 36.4 Å². The van der Waals surface area contributed by atoms with Gasteiger partial charge in [0.25, 0.3) is 11.1 Å². The third-order valence-electron chi connectivity index (χ3n) is 3.38. The molecule has 4 nitrogen and oxygen atoms in total. The summed E-state index contributed by atoms with van der Waals surface area (Å²) in [7, 11) is 0. The van der Waals surface area contributed by atoms with E-state index in [9.17, 15) is 13.6 Å². The van der Waals surface area contributed by atoms with Gasteiger partial charge in [0.1, 0.15) is 17.3 Å². The van der Waals surface area contributed by atoms with Crippen LogP contribution in [0.25, 0.3) is 0 Å². The van der Waals surface area contributed by atoms with Gasteiger partial charge in [-0.15, -0.1) is 0 Å². The lowest BCUT2D eigenvalue weighted by Crippen LogP contribution is -2.40. The third-order valence-corrected chi connectivity index (χ3v) is 3.65. The van der Waals surface area contributed by atoms with Gasteiger partial charge >= 0.3 is 0 Å². The Kier molecular flexibility index (Phi) is 3.62. The number of halogens is 2. The summed E-state index contributed by atoms with van der Waals surface area (Å²) in [6.45, 7) is 1.40. The Hall–Kier alpha value is -2.72. The maximum absolute atomic E-state index is 13.4. The van der Waals surface area contributed by atoms with Gasteiger partial charge in [-0.05, 0) is 49.5 Å². The normalized spacial score (nSPS) is 20.2. The molecule has 1 aliphatic heterocycles. The highest BCUT2D eigenvalue weighted by Gasteiger charge is 2.50. The van der Waals surface area contributed by atoms with Crippen LogP contribution in [-0.2, 0) is 15.1 Å². The SMILES string of the molecule is CC1(c2cc(F)cc(F)c2)OC(=S)N(Nc2c#cccc2)C1=O. The first kappa shape index (κ1) is 15.2. The Morgan fingerprint density at radius 3 is 2.61 bits per heavy atom. The summed E-state index contributed by atoms with van der Waals surface area (Å²) in [5.41, 5.74) is 1.60. The van der Waals surface area contributed by atoms with Crippen molar-refractivity contribution < 1.29 is 18.3 Å². The number of nitrogens with zero attached hydrogens (tertiary/aromatic N) is 1. The van der Waals surface area contributed by atoms with Gasteiger partial charge in [-0.2, -0.15) is 5.01 Å². The van der Waals surface area contributed by atoms with Gasteiger partial charge < -0.3 is 4.74 Å². The number of carbonyl (C=O) groups excluding carboxylic acids is 1. The Morgan fingerprint density at radius 2 is 2.00 bits per heavy atom. The number of hydrogen-bond acceptors (Lipinski definition) is 4. The topological polar surface area (TPSA) is 41.6 Å². The van der Waals surface area contributed by atoms with Crippen LogP contribution >= 0.6 is 12.2 Å². The number of ether oxygens (including phenoxy) is 1. The Labute approximate surface area is 136 Å². The lowest BCUT2D eigenvalue weighted by Gasteiger charge is -2.21. The quantitative estimate of drug-likeness (QED) is 0.878. The second kappa shape index (κ2) is 5.48. The molecule has 0 spiro atoms. The van der Waals surface area contributed by atoms with Gasteiger partial charge in [-0.25, -0.2) is 8.78 Å². The zero-order chi connectivity index (χ0) is 16.6. The van der Waals surface area contributed by atoms with Crippen molar-refractivity contribution >= 4 is 29.0 Å². The number of carbonyl (C=O) groups is 1. The fraction of sp³-hybridized carbons (Fsp3) is 0.125. The third kappa shape index (κ3) is 2.69. The zero-order valence-electron chi connectivity index (χ0n) is 11.9. The Morgan fingerprint density at radius 1 is 1.30 bits per heavy atom. The summed E-state index contributed by atoms with van der Waals surface area (Å²) in [6, 6.07) is 13.3. The fourth-order valence-corrected chi connectivity index (χ4v) is 2.50. The molecule has 3 rings (SSSR count). The smallest absolute Gasteiger partial charge is 0.297 e. The molecule has 0 radical (unpaired) electrons. The van der Waals surface area contributed by atoms with E-state index in [-0.39, 0.29) is 10.7 Å². The van der Waals surface area contributed by atoms with Crippen molar-refractivity contribution in [2.45, 2.75) is 12.5 Å². The highest BCUT2D eigenvalue weighted by Crippen LogP contribution is 2.35. The number of thiocarbonyl (C=S) groups is 1. The van der Waals surface area contributed by atoms with Crippen molar-refractivity contribution in [3.05, 3.63) is 65.7 Å². The monoisotopic (exact) mass is 332 g/mol. The van der Waals surface area contributed by atoms with E-state index in [0.717, 1.165) is 23.2 Å². The number of rotatable bonds is 3. The molecule has 0 bridgehead atoms. The predicted octanol–water partition coefficient (Wildman–Crippen LogP) is 2.95. The lowest BCUT2D eigenvalue weighted by atomic mass is 9.95. The second-order valence-electron chi connectivity index (χ2n) is 5.02. The van der Waals surface area contributed by atoms with Gasteiger partial charge in [-0.1, -0.05) is 12.1 Å². The molecule has 2 aromatic carbocycles. The number of benzene rings is 1. The van der Waals surface area contributed by atoms with Crippen molar-refractivity contribution in [3.63, 3.8) is 0 Å². The van der Waals surface area contributed by atoms with Crippen LogP contribution in [0.4, 0.5) is 14.5 Å². The fourth-order valence-electron chi connectivity index (χ4n) is 2.21. The van der Waals surface area contributed by atoms with Crippen LogP contribution in [0, 0.1) is 23.8 Å². The minimum absolute atomic E-state index is 0.0373. The number of nitrogens with one attached hydrogen (secondary N) is 1. The molecule has 116 valence electrons. The van der Waals surface area contributed by atoms with Crippen LogP contribution in [0.2, 0.25) is 0 Å². The predicted molar refractivity (Wildman–Crippen MR) is 82.0 cm³/mol. The maximum Gasteiger partial charge on any atom is 0.297 e. The standard InChI is InChI=1S/C16H10F2N2O2S/c1-16(10-7-11(17)9-12(18)8-10)14(21)20(15(23)22-16)19-13-5-3-2-4-6-13/h2-3,5,7-9,19H,1H3. The number of hydrazine groups is 1. The van der Waals surface area contributed by atoms with Crippen LogP contribution in [0.5, 0.6) is 0 Å². The molecule has 1 aliphatic rings. The summed E-state index contributed by atoms with van der Waals surface area (Å²) >= 11 is 5.04. The van der Waals surface area contributed by atoms with Crippen LogP contribution in [0.3, 0.4) is 0 Å². The minimum Gasteiger partial charge on any atom is -0.448 e. The first-order valence-electron chi connectivity index (χ1n) is 6.59. The molecule has 1 fully saturated rings. The average molecular weight is 332 g/mol. The van der Waals surface area contributed by atoms with E-state index < -0.39 is 23.1 Å². The van der Waals surface area contributed by atoms with E-state index in [1.165, 1.54) is 6.92 Å². The second-order valence-corrected chi connectivity index (χ2v) is 5.37. The van der Waals surface area contributed by atoms with Crippen molar-refractivity contribution in [1.29, 1.82) is 0 Å². The molecule has 1 atom stereocenters. The van der Waals surface area contributed by atoms with Crippen molar-refractivity contribution in [3.8, 4) is 0 Å². The summed E-state index contributed by atoms with van der Waals surface area (Å²) in [5.74, 6) is -2.20. The molecule has 0 saturated carbocycles. The van der Waals surface area contributed by atoms with Gasteiger partial charge in [0.15, 0.2) is 0 Å². The Balaban J connectivity index is 1.93. The molecule has 1 saturated heterocycles. The van der Waals surface area contributed by atoms with Crippen molar-refractivity contribution in [1.82, 2.24) is 5.01 Å².